The molecule has 0 spiro atoms. The van der Waals surface area contributed by atoms with Gasteiger partial charge in [0, 0.05) is 12.6 Å². The Hall–Kier alpha value is -0.120. The van der Waals surface area contributed by atoms with Gasteiger partial charge in [-0.05, 0) is 25.7 Å². The van der Waals surface area contributed by atoms with Crippen molar-refractivity contribution in [3.8, 4) is 0 Å². The molecule has 3 nitrogen and oxygen atoms in total. The molecule has 1 fully saturated rings. The van der Waals surface area contributed by atoms with Crippen molar-refractivity contribution in [1.82, 2.24) is 5.48 Å². The van der Waals surface area contributed by atoms with Crippen LogP contribution in [0.15, 0.2) is 0 Å². The van der Waals surface area contributed by atoms with Gasteiger partial charge in [-0.15, -0.1) is 0 Å². The third-order valence-corrected chi connectivity index (χ3v) is 2.52. The van der Waals surface area contributed by atoms with Crippen LogP contribution in [0.2, 0.25) is 0 Å². The van der Waals surface area contributed by atoms with Gasteiger partial charge >= 0.3 is 0 Å². The molecular formula is C9H19NO2. The Labute approximate surface area is 74.1 Å². The highest BCUT2D eigenvalue weighted by molar-refractivity contribution is 4.77. The van der Waals surface area contributed by atoms with Gasteiger partial charge in [0.2, 0.25) is 0 Å². The van der Waals surface area contributed by atoms with E-state index < -0.39 is 0 Å². The van der Waals surface area contributed by atoms with Crippen LogP contribution in [0.1, 0.15) is 32.6 Å². The SMILES string of the molecule is CCONC1CCCCC1CO. The predicted octanol–water partition coefficient (Wildman–Crippen LogP) is 1.08. The Balaban J connectivity index is 2.26. The molecule has 72 valence electrons. The van der Waals surface area contributed by atoms with Crippen LogP contribution in [0.25, 0.3) is 0 Å². The largest absolute Gasteiger partial charge is 0.396 e. The van der Waals surface area contributed by atoms with E-state index in [-0.39, 0.29) is 6.61 Å². The smallest absolute Gasteiger partial charge is 0.0654 e. The number of hydrogen-bond donors (Lipinski definition) is 2. The summed E-state index contributed by atoms with van der Waals surface area (Å²) in [5.74, 6) is 0.394. The molecule has 0 heterocycles. The number of aliphatic hydroxyl groups is 1. The zero-order chi connectivity index (χ0) is 8.81. The molecule has 1 rings (SSSR count). The minimum absolute atomic E-state index is 0.282. The third kappa shape index (κ3) is 2.73. The molecule has 1 aliphatic rings. The normalized spacial score (nSPS) is 30.5. The van der Waals surface area contributed by atoms with E-state index >= 15 is 0 Å². The molecule has 0 bridgehead atoms. The van der Waals surface area contributed by atoms with Crippen LogP contribution in [-0.2, 0) is 4.84 Å². The Morgan fingerprint density at radius 2 is 2.17 bits per heavy atom. The molecule has 3 heteroatoms. The molecule has 2 unspecified atom stereocenters. The van der Waals surface area contributed by atoms with E-state index in [0.717, 1.165) is 12.8 Å². The molecule has 0 radical (unpaired) electrons. The van der Waals surface area contributed by atoms with E-state index in [9.17, 15) is 0 Å². The molecule has 0 amide bonds. The summed E-state index contributed by atoms with van der Waals surface area (Å²) in [6.45, 7) is 2.93. The summed E-state index contributed by atoms with van der Waals surface area (Å²) >= 11 is 0. The standard InChI is InChI=1S/C9H19NO2/c1-2-12-10-9-6-4-3-5-8(9)7-11/h8-11H,2-7H2,1H3. The van der Waals surface area contributed by atoms with E-state index in [1.807, 2.05) is 6.92 Å². The molecule has 12 heavy (non-hydrogen) atoms. The van der Waals surface area contributed by atoms with Crippen LogP contribution >= 0.6 is 0 Å². The van der Waals surface area contributed by atoms with Crippen LogP contribution < -0.4 is 5.48 Å². The van der Waals surface area contributed by atoms with Gasteiger partial charge in [0.1, 0.15) is 0 Å². The zero-order valence-corrected chi connectivity index (χ0v) is 7.75. The van der Waals surface area contributed by atoms with Crippen molar-refractivity contribution in [2.75, 3.05) is 13.2 Å². The van der Waals surface area contributed by atoms with Crippen molar-refractivity contribution < 1.29 is 9.94 Å². The summed E-state index contributed by atoms with van der Waals surface area (Å²) in [6.07, 6.45) is 4.75. The summed E-state index contributed by atoms with van der Waals surface area (Å²) in [4.78, 5) is 5.14. The molecule has 0 aromatic heterocycles. The highest BCUT2D eigenvalue weighted by Crippen LogP contribution is 2.23. The number of aliphatic hydroxyl groups excluding tert-OH is 1. The highest BCUT2D eigenvalue weighted by atomic mass is 16.6. The molecule has 0 aliphatic heterocycles. The Morgan fingerprint density at radius 1 is 1.42 bits per heavy atom. The highest BCUT2D eigenvalue weighted by Gasteiger charge is 2.23. The lowest BCUT2D eigenvalue weighted by Gasteiger charge is -2.30. The number of hydroxylamine groups is 1. The molecule has 1 saturated carbocycles. The van der Waals surface area contributed by atoms with Gasteiger partial charge < -0.3 is 9.94 Å². The number of rotatable bonds is 4. The van der Waals surface area contributed by atoms with Crippen molar-refractivity contribution in [3.63, 3.8) is 0 Å². The first-order valence-corrected chi connectivity index (χ1v) is 4.86. The molecule has 0 aromatic rings. The van der Waals surface area contributed by atoms with Crippen molar-refractivity contribution in [3.05, 3.63) is 0 Å². The van der Waals surface area contributed by atoms with Gasteiger partial charge in [0.05, 0.1) is 6.61 Å². The van der Waals surface area contributed by atoms with Crippen LogP contribution in [0, 0.1) is 5.92 Å². The molecule has 2 atom stereocenters. The minimum atomic E-state index is 0.282. The Kier molecular flexibility index (Phi) is 4.58. The first kappa shape index (κ1) is 9.96. The van der Waals surface area contributed by atoms with E-state index in [2.05, 4.69) is 5.48 Å². The fourth-order valence-electron chi connectivity index (χ4n) is 1.77. The topological polar surface area (TPSA) is 41.5 Å². The fourth-order valence-corrected chi connectivity index (χ4v) is 1.77. The van der Waals surface area contributed by atoms with Gasteiger partial charge in [0.15, 0.2) is 0 Å². The quantitative estimate of drug-likeness (QED) is 0.625. The van der Waals surface area contributed by atoms with E-state index in [0.29, 0.717) is 18.6 Å². The predicted molar refractivity (Wildman–Crippen MR) is 47.6 cm³/mol. The van der Waals surface area contributed by atoms with E-state index in [1.54, 1.807) is 0 Å². The minimum Gasteiger partial charge on any atom is -0.396 e. The number of nitrogens with one attached hydrogen (secondary N) is 1. The lowest BCUT2D eigenvalue weighted by Crippen LogP contribution is -2.40. The summed E-state index contributed by atoms with van der Waals surface area (Å²) in [6, 6.07) is 0.365. The first-order chi connectivity index (χ1) is 5.88. The fraction of sp³-hybridized carbons (Fsp3) is 1.00. The maximum absolute atomic E-state index is 9.07. The zero-order valence-electron chi connectivity index (χ0n) is 7.75. The monoisotopic (exact) mass is 173 g/mol. The van der Waals surface area contributed by atoms with Gasteiger partial charge in [-0.2, -0.15) is 5.48 Å². The van der Waals surface area contributed by atoms with Crippen molar-refractivity contribution in [1.29, 1.82) is 0 Å². The summed E-state index contributed by atoms with van der Waals surface area (Å²) in [7, 11) is 0. The Bertz CT molecular complexity index is 119. The molecule has 2 N–H and O–H groups in total. The lowest BCUT2D eigenvalue weighted by atomic mass is 9.86. The summed E-state index contributed by atoms with van der Waals surface area (Å²) in [5, 5.41) is 9.07. The Morgan fingerprint density at radius 3 is 2.83 bits per heavy atom. The number of hydrogen-bond acceptors (Lipinski definition) is 3. The maximum atomic E-state index is 9.07. The van der Waals surface area contributed by atoms with Gasteiger partial charge in [-0.1, -0.05) is 12.8 Å². The van der Waals surface area contributed by atoms with Crippen LogP contribution in [0.5, 0.6) is 0 Å². The average Bonchev–Trinajstić information content (AvgIpc) is 2.15. The second kappa shape index (κ2) is 5.51. The second-order valence-corrected chi connectivity index (χ2v) is 3.38. The summed E-state index contributed by atoms with van der Waals surface area (Å²) < 4.78 is 0. The van der Waals surface area contributed by atoms with Crippen molar-refractivity contribution >= 4 is 0 Å². The van der Waals surface area contributed by atoms with Gasteiger partial charge in [0.25, 0.3) is 0 Å². The van der Waals surface area contributed by atoms with E-state index in [4.69, 9.17) is 9.94 Å². The van der Waals surface area contributed by atoms with Crippen LogP contribution in [0.4, 0.5) is 0 Å². The molecule has 0 saturated heterocycles. The summed E-state index contributed by atoms with van der Waals surface area (Å²) in [5.41, 5.74) is 3.01. The van der Waals surface area contributed by atoms with E-state index in [1.165, 1.54) is 12.8 Å². The van der Waals surface area contributed by atoms with Crippen LogP contribution in [-0.4, -0.2) is 24.4 Å². The lowest BCUT2D eigenvalue weighted by molar-refractivity contribution is -0.0117. The third-order valence-electron chi connectivity index (χ3n) is 2.52. The molecule has 0 aromatic carbocycles. The van der Waals surface area contributed by atoms with Crippen molar-refractivity contribution in [2.24, 2.45) is 5.92 Å². The molecule has 1 aliphatic carbocycles. The first-order valence-electron chi connectivity index (χ1n) is 4.86. The van der Waals surface area contributed by atoms with Gasteiger partial charge in [-0.3, -0.25) is 0 Å². The second-order valence-electron chi connectivity index (χ2n) is 3.38. The van der Waals surface area contributed by atoms with Crippen LogP contribution in [0.3, 0.4) is 0 Å². The maximum Gasteiger partial charge on any atom is 0.0654 e. The molecular weight excluding hydrogens is 154 g/mol. The van der Waals surface area contributed by atoms with Gasteiger partial charge in [-0.25, -0.2) is 0 Å². The average molecular weight is 173 g/mol. The van der Waals surface area contributed by atoms with Crippen molar-refractivity contribution in [2.45, 2.75) is 38.6 Å².